The Morgan fingerprint density at radius 3 is 1.69 bits per heavy atom. The number of hydrogen-bond donors (Lipinski definition) is 0. The lowest BCUT2D eigenvalue weighted by atomic mass is 9.98. The summed E-state index contributed by atoms with van der Waals surface area (Å²) in [5, 5.41) is 9.06. The minimum Gasteiger partial charge on any atom is -0.456 e. The summed E-state index contributed by atoms with van der Waals surface area (Å²) in [5.74, 6) is 1.78. The monoisotopic (exact) mass is 816 g/mol. The second-order valence-electron chi connectivity index (χ2n) is 16.4. The molecule has 64 heavy (non-hydrogen) atoms. The fourth-order valence-corrected chi connectivity index (χ4v) is 9.52. The molecule has 0 aliphatic carbocycles. The maximum absolute atomic E-state index is 6.89. The summed E-state index contributed by atoms with van der Waals surface area (Å²) in [5.41, 5.74) is 12.1. The van der Waals surface area contributed by atoms with Crippen LogP contribution < -0.4 is 0 Å². The topological polar surface area (TPSA) is 56.7 Å². The molecule has 13 rings (SSSR count). The standard InChI is InChI=1S/C59H36N4O/c1-3-14-37(15-4-1)39-26-29-41(30-27-39)57-60-58(45-31-28-38-16-7-8-19-42(38)32-45)62-59(61-57)47-23-13-25-54-56(47)50-35-48(40-17-5-2-6-18-40)53(36-55(50)64-54)63-51-24-12-11-22-46(51)49-33-43-20-9-10-21-44(43)34-52(49)63/h1-36H. The van der Waals surface area contributed by atoms with E-state index in [2.05, 4.69) is 205 Å². The molecule has 10 aromatic carbocycles. The van der Waals surface area contributed by atoms with Crippen LogP contribution in [0.5, 0.6) is 0 Å². The Balaban J connectivity index is 1.05. The first-order valence-electron chi connectivity index (χ1n) is 21.6. The maximum atomic E-state index is 6.89. The van der Waals surface area contributed by atoms with E-state index in [0.717, 1.165) is 88.4 Å². The lowest BCUT2D eigenvalue weighted by Crippen LogP contribution is -2.00. The van der Waals surface area contributed by atoms with Gasteiger partial charge in [0.05, 0.1) is 16.7 Å². The molecule has 0 saturated carbocycles. The second kappa shape index (κ2) is 14.5. The number of nitrogens with zero attached hydrogens (tertiary/aromatic N) is 4. The number of rotatable bonds is 6. The van der Waals surface area contributed by atoms with Gasteiger partial charge in [-0.1, -0.05) is 176 Å². The molecule has 3 heterocycles. The molecule has 0 atom stereocenters. The average Bonchev–Trinajstić information content (AvgIpc) is 3.90. The van der Waals surface area contributed by atoms with Crippen LogP contribution in [0.25, 0.3) is 127 Å². The molecule has 0 saturated heterocycles. The molecule has 0 bridgehead atoms. The summed E-state index contributed by atoms with van der Waals surface area (Å²) in [6.45, 7) is 0. The average molecular weight is 817 g/mol. The molecular weight excluding hydrogens is 781 g/mol. The van der Waals surface area contributed by atoms with Crippen LogP contribution >= 0.6 is 0 Å². The first-order chi connectivity index (χ1) is 31.7. The van der Waals surface area contributed by atoms with Gasteiger partial charge in [0.2, 0.25) is 0 Å². The molecule has 0 N–H and O–H groups in total. The molecule has 0 aliphatic heterocycles. The minimum absolute atomic E-state index is 0.577. The molecule has 5 nitrogen and oxygen atoms in total. The van der Waals surface area contributed by atoms with E-state index in [1.54, 1.807) is 0 Å². The second-order valence-corrected chi connectivity index (χ2v) is 16.4. The highest BCUT2D eigenvalue weighted by Gasteiger charge is 2.23. The Morgan fingerprint density at radius 2 is 0.906 bits per heavy atom. The van der Waals surface area contributed by atoms with Gasteiger partial charge < -0.3 is 8.98 Å². The smallest absolute Gasteiger partial charge is 0.164 e. The maximum Gasteiger partial charge on any atom is 0.164 e. The van der Waals surface area contributed by atoms with Gasteiger partial charge in [0.25, 0.3) is 0 Å². The van der Waals surface area contributed by atoms with Crippen LogP contribution in [0.15, 0.2) is 223 Å². The Labute approximate surface area is 368 Å². The highest BCUT2D eigenvalue weighted by atomic mass is 16.3. The number of aromatic nitrogens is 4. The van der Waals surface area contributed by atoms with Gasteiger partial charge in [0.1, 0.15) is 11.2 Å². The third kappa shape index (κ3) is 5.90. The van der Waals surface area contributed by atoms with Gasteiger partial charge in [-0.05, 0) is 74.6 Å². The van der Waals surface area contributed by atoms with Crippen molar-refractivity contribution in [3.63, 3.8) is 0 Å². The van der Waals surface area contributed by atoms with Crippen LogP contribution in [-0.4, -0.2) is 19.5 Å². The van der Waals surface area contributed by atoms with E-state index in [1.165, 1.54) is 21.5 Å². The number of para-hydroxylation sites is 1. The number of furan rings is 1. The van der Waals surface area contributed by atoms with E-state index in [4.69, 9.17) is 19.4 Å². The van der Waals surface area contributed by atoms with Gasteiger partial charge in [-0.2, -0.15) is 0 Å². The summed E-state index contributed by atoms with van der Waals surface area (Å²) in [4.78, 5) is 15.7. The summed E-state index contributed by atoms with van der Waals surface area (Å²) < 4.78 is 9.29. The van der Waals surface area contributed by atoms with E-state index >= 15 is 0 Å². The van der Waals surface area contributed by atoms with Crippen molar-refractivity contribution in [1.82, 2.24) is 19.5 Å². The first-order valence-corrected chi connectivity index (χ1v) is 21.6. The van der Waals surface area contributed by atoms with Gasteiger partial charge >= 0.3 is 0 Å². The Morgan fingerprint density at radius 1 is 0.312 bits per heavy atom. The van der Waals surface area contributed by atoms with Crippen molar-refractivity contribution in [1.29, 1.82) is 0 Å². The predicted octanol–water partition coefficient (Wildman–Crippen LogP) is 15.5. The highest BCUT2D eigenvalue weighted by Crippen LogP contribution is 2.44. The zero-order valence-corrected chi connectivity index (χ0v) is 34.5. The third-order valence-corrected chi connectivity index (χ3v) is 12.6. The third-order valence-electron chi connectivity index (χ3n) is 12.6. The molecule has 0 aliphatic rings. The molecule has 3 aromatic heterocycles. The first kappa shape index (κ1) is 36.0. The molecular formula is C59H36N4O. The lowest BCUT2D eigenvalue weighted by molar-refractivity contribution is 0.668. The Hall–Kier alpha value is -8.67. The van der Waals surface area contributed by atoms with E-state index in [-0.39, 0.29) is 0 Å². The lowest BCUT2D eigenvalue weighted by Gasteiger charge is -2.15. The quantitative estimate of drug-likeness (QED) is 0.168. The summed E-state index contributed by atoms with van der Waals surface area (Å²) in [6, 6.07) is 77.0. The largest absolute Gasteiger partial charge is 0.456 e. The minimum atomic E-state index is 0.577. The number of hydrogen-bond acceptors (Lipinski definition) is 4. The Bertz CT molecular complexity index is 3940. The predicted molar refractivity (Wildman–Crippen MR) is 264 cm³/mol. The van der Waals surface area contributed by atoms with Crippen LogP contribution in [0.3, 0.4) is 0 Å². The summed E-state index contributed by atoms with van der Waals surface area (Å²) in [6.07, 6.45) is 0. The fourth-order valence-electron chi connectivity index (χ4n) is 9.52. The fraction of sp³-hybridized carbons (Fsp3) is 0. The number of benzene rings is 10. The zero-order chi connectivity index (χ0) is 42.1. The van der Waals surface area contributed by atoms with Crippen molar-refractivity contribution in [2.24, 2.45) is 0 Å². The van der Waals surface area contributed by atoms with Crippen molar-refractivity contribution in [2.45, 2.75) is 0 Å². The molecule has 5 heteroatoms. The van der Waals surface area contributed by atoms with E-state index < -0.39 is 0 Å². The molecule has 298 valence electrons. The summed E-state index contributed by atoms with van der Waals surface area (Å²) >= 11 is 0. The van der Waals surface area contributed by atoms with Gasteiger partial charge in [-0.15, -0.1) is 0 Å². The van der Waals surface area contributed by atoms with Crippen LogP contribution in [0.2, 0.25) is 0 Å². The van der Waals surface area contributed by atoms with Crippen LogP contribution in [0.1, 0.15) is 0 Å². The SMILES string of the molecule is c1ccc(-c2ccc(-c3nc(-c4ccc5ccccc5c4)nc(-c4cccc5oc6cc(-n7c8ccccc8c8cc9ccccc9cc87)c(-c7ccccc7)cc6c45)n3)cc2)cc1. The Kier molecular flexibility index (Phi) is 8.15. The van der Waals surface area contributed by atoms with Crippen LogP contribution in [-0.2, 0) is 0 Å². The van der Waals surface area contributed by atoms with Gasteiger partial charge in [-0.3, -0.25) is 0 Å². The molecule has 0 fully saturated rings. The highest BCUT2D eigenvalue weighted by molar-refractivity contribution is 6.16. The zero-order valence-electron chi connectivity index (χ0n) is 34.5. The number of fused-ring (bicyclic) bond motifs is 8. The van der Waals surface area contributed by atoms with Crippen molar-refractivity contribution in [3.8, 4) is 62.1 Å². The van der Waals surface area contributed by atoms with E-state index in [9.17, 15) is 0 Å². The van der Waals surface area contributed by atoms with Crippen molar-refractivity contribution >= 4 is 65.3 Å². The normalized spacial score (nSPS) is 11.8. The van der Waals surface area contributed by atoms with Crippen molar-refractivity contribution in [3.05, 3.63) is 218 Å². The van der Waals surface area contributed by atoms with E-state index in [1.807, 2.05) is 18.2 Å². The van der Waals surface area contributed by atoms with Crippen LogP contribution in [0, 0.1) is 0 Å². The van der Waals surface area contributed by atoms with Crippen molar-refractivity contribution in [2.75, 3.05) is 0 Å². The molecule has 0 spiro atoms. The molecule has 0 radical (unpaired) electrons. The molecule has 0 unspecified atom stereocenters. The van der Waals surface area contributed by atoms with Gasteiger partial charge in [0, 0.05) is 49.9 Å². The van der Waals surface area contributed by atoms with Gasteiger partial charge in [-0.25, -0.2) is 15.0 Å². The molecule has 13 aromatic rings. The van der Waals surface area contributed by atoms with E-state index in [0.29, 0.717) is 17.5 Å². The molecule has 0 amide bonds. The van der Waals surface area contributed by atoms with Gasteiger partial charge in [0.15, 0.2) is 17.5 Å². The summed E-state index contributed by atoms with van der Waals surface area (Å²) in [7, 11) is 0. The van der Waals surface area contributed by atoms with Crippen molar-refractivity contribution < 1.29 is 4.42 Å². The van der Waals surface area contributed by atoms with Crippen LogP contribution in [0.4, 0.5) is 0 Å².